The summed E-state index contributed by atoms with van der Waals surface area (Å²) >= 11 is 6.06. The van der Waals surface area contributed by atoms with Gasteiger partial charge in [-0.15, -0.1) is 0 Å². The van der Waals surface area contributed by atoms with Crippen molar-refractivity contribution < 1.29 is 4.39 Å². The van der Waals surface area contributed by atoms with Crippen molar-refractivity contribution in [3.05, 3.63) is 87.2 Å². The van der Waals surface area contributed by atoms with Gasteiger partial charge in [-0.1, -0.05) is 35.9 Å². The summed E-state index contributed by atoms with van der Waals surface area (Å²) < 4.78 is 16.8. The Morgan fingerprint density at radius 1 is 1.15 bits per heavy atom. The molecule has 0 saturated carbocycles. The molecule has 0 bridgehead atoms. The SMILES string of the molecule is Cc1nn(Cc2ccccc2F)c(=O)c2c1cnn2-c1cccc(Cl)c1. The Bertz CT molecular complexity index is 1180. The fourth-order valence-electron chi connectivity index (χ4n) is 2.92. The van der Waals surface area contributed by atoms with Crippen LogP contribution in [0.5, 0.6) is 0 Å². The Hall–Kier alpha value is -2.99. The minimum absolute atomic E-state index is 0.0447. The van der Waals surface area contributed by atoms with E-state index in [4.69, 9.17) is 11.6 Å². The van der Waals surface area contributed by atoms with Gasteiger partial charge >= 0.3 is 0 Å². The predicted octanol–water partition coefficient (Wildman–Crippen LogP) is 3.73. The first-order chi connectivity index (χ1) is 12.5. The number of benzene rings is 2. The first-order valence-electron chi connectivity index (χ1n) is 7.99. The average molecular weight is 369 g/mol. The highest BCUT2D eigenvalue weighted by molar-refractivity contribution is 6.30. The van der Waals surface area contributed by atoms with Gasteiger partial charge in [0.15, 0.2) is 0 Å². The van der Waals surface area contributed by atoms with E-state index in [2.05, 4.69) is 10.2 Å². The first kappa shape index (κ1) is 16.5. The number of halogens is 2. The quantitative estimate of drug-likeness (QED) is 0.553. The zero-order chi connectivity index (χ0) is 18.3. The van der Waals surface area contributed by atoms with E-state index in [9.17, 15) is 9.18 Å². The molecule has 26 heavy (non-hydrogen) atoms. The summed E-state index contributed by atoms with van der Waals surface area (Å²) in [5.41, 5.74) is 1.76. The van der Waals surface area contributed by atoms with Crippen LogP contribution >= 0.6 is 11.6 Å². The van der Waals surface area contributed by atoms with Crippen LogP contribution in [0.3, 0.4) is 0 Å². The minimum atomic E-state index is -0.373. The third-order valence-electron chi connectivity index (χ3n) is 4.20. The molecular weight excluding hydrogens is 355 g/mol. The van der Waals surface area contributed by atoms with Crippen molar-refractivity contribution in [1.82, 2.24) is 19.6 Å². The molecule has 0 aliphatic carbocycles. The second-order valence-corrected chi connectivity index (χ2v) is 6.37. The lowest BCUT2D eigenvalue weighted by Gasteiger charge is -2.09. The maximum atomic E-state index is 14.0. The van der Waals surface area contributed by atoms with Gasteiger partial charge in [-0.3, -0.25) is 4.79 Å². The molecule has 7 heteroatoms. The number of hydrogen-bond acceptors (Lipinski definition) is 3. The van der Waals surface area contributed by atoms with Gasteiger partial charge in [0.25, 0.3) is 5.56 Å². The Morgan fingerprint density at radius 3 is 2.73 bits per heavy atom. The lowest BCUT2D eigenvalue weighted by Crippen LogP contribution is -2.26. The lowest BCUT2D eigenvalue weighted by atomic mass is 10.2. The van der Waals surface area contributed by atoms with Crippen molar-refractivity contribution >= 4 is 22.5 Å². The van der Waals surface area contributed by atoms with E-state index < -0.39 is 0 Å². The van der Waals surface area contributed by atoms with E-state index >= 15 is 0 Å². The van der Waals surface area contributed by atoms with Gasteiger partial charge in [0, 0.05) is 16.0 Å². The molecule has 2 heterocycles. The van der Waals surface area contributed by atoms with Crippen LogP contribution in [0.2, 0.25) is 5.02 Å². The normalized spacial score (nSPS) is 11.2. The van der Waals surface area contributed by atoms with Crippen LogP contribution in [-0.2, 0) is 6.54 Å². The van der Waals surface area contributed by atoms with Crippen LogP contribution in [0.1, 0.15) is 11.3 Å². The van der Waals surface area contributed by atoms with E-state index in [0.717, 1.165) is 0 Å². The highest BCUT2D eigenvalue weighted by Crippen LogP contribution is 2.20. The molecule has 0 spiro atoms. The van der Waals surface area contributed by atoms with E-state index in [1.807, 2.05) is 6.07 Å². The van der Waals surface area contributed by atoms with E-state index in [0.29, 0.717) is 32.9 Å². The number of hydrogen-bond donors (Lipinski definition) is 0. The number of aryl methyl sites for hydroxylation is 1. The highest BCUT2D eigenvalue weighted by Gasteiger charge is 2.16. The van der Waals surface area contributed by atoms with Gasteiger partial charge in [0.05, 0.1) is 24.1 Å². The predicted molar refractivity (Wildman–Crippen MR) is 98.4 cm³/mol. The second-order valence-electron chi connectivity index (χ2n) is 5.94. The Kier molecular flexibility index (Phi) is 4.05. The summed E-state index contributed by atoms with van der Waals surface area (Å²) in [5.74, 6) is -0.373. The van der Waals surface area contributed by atoms with Crippen molar-refractivity contribution in [3.63, 3.8) is 0 Å². The number of aromatic nitrogens is 4. The van der Waals surface area contributed by atoms with Crippen molar-refractivity contribution in [1.29, 1.82) is 0 Å². The van der Waals surface area contributed by atoms with Crippen molar-refractivity contribution in [2.75, 3.05) is 0 Å². The summed E-state index contributed by atoms with van der Waals surface area (Å²) in [6, 6.07) is 13.4. The molecule has 0 fully saturated rings. The molecule has 4 rings (SSSR count). The monoisotopic (exact) mass is 368 g/mol. The number of rotatable bonds is 3. The van der Waals surface area contributed by atoms with Crippen LogP contribution in [-0.4, -0.2) is 19.6 Å². The zero-order valence-corrected chi connectivity index (χ0v) is 14.6. The van der Waals surface area contributed by atoms with Crippen LogP contribution in [0.15, 0.2) is 59.5 Å². The molecule has 2 aromatic carbocycles. The molecule has 5 nitrogen and oxygen atoms in total. The molecule has 0 amide bonds. The summed E-state index contributed by atoms with van der Waals surface area (Å²) in [4.78, 5) is 13.0. The van der Waals surface area contributed by atoms with Gasteiger partial charge in [0.1, 0.15) is 11.3 Å². The fraction of sp³-hybridized carbons (Fsp3) is 0.105. The van der Waals surface area contributed by atoms with Crippen LogP contribution in [0, 0.1) is 12.7 Å². The topological polar surface area (TPSA) is 52.7 Å². The summed E-state index contributed by atoms with van der Waals surface area (Å²) in [6.45, 7) is 1.84. The summed E-state index contributed by atoms with van der Waals surface area (Å²) in [5, 5.41) is 9.84. The molecule has 0 aliphatic heterocycles. The zero-order valence-electron chi connectivity index (χ0n) is 13.9. The molecule has 0 atom stereocenters. The molecular formula is C19H14ClFN4O. The third-order valence-corrected chi connectivity index (χ3v) is 4.43. The van der Waals surface area contributed by atoms with Gasteiger partial charge < -0.3 is 0 Å². The maximum absolute atomic E-state index is 14.0. The van der Waals surface area contributed by atoms with Crippen LogP contribution in [0.4, 0.5) is 4.39 Å². The van der Waals surface area contributed by atoms with E-state index in [1.165, 1.54) is 15.4 Å². The molecule has 0 unspecified atom stereocenters. The fourth-order valence-corrected chi connectivity index (χ4v) is 3.10. The van der Waals surface area contributed by atoms with E-state index in [1.54, 1.807) is 49.5 Å². The van der Waals surface area contributed by atoms with Crippen molar-refractivity contribution in [3.8, 4) is 5.69 Å². The first-order valence-corrected chi connectivity index (χ1v) is 8.37. The average Bonchev–Trinajstić information content (AvgIpc) is 3.07. The number of nitrogens with zero attached hydrogens (tertiary/aromatic N) is 4. The highest BCUT2D eigenvalue weighted by atomic mass is 35.5. The van der Waals surface area contributed by atoms with Gasteiger partial charge in [-0.2, -0.15) is 10.2 Å². The molecule has 0 saturated heterocycles. The second kappa shape index (κ2) is 6.38. The van der Waals surface area contributed by atoms with Crippen LogP contribution in [0.25, 0.3) is 16.6 Å². The Balaban J connectivity index is 1.92. The van der Waals surface area contributed by atoms with Crippen molar-refractivity contribution in [2.24, 2.45) is 0 Å². The Morgan fingerprint density at radius 2 is 1.96 bits per heavy atom. The molecule has 130 valence electrons. The standard InChI is InChI=1S/C19H14ClFN4O/c1-12-16-10-22-25(15-7-4-6-14(20)9-15)18(16)19(26)24(23-12)11-13-5-2-3-8-17(13)21/h2-10H,11H2,1H3. The minimum Gasteiger partial charge on any atom is -0.265 e. The largest absolute Gasteiger partial charge is 0.293 e. The summed E-state index contributed by atoms with van der Waals surface area (Å²) in [6.07, 6.45) is 1.60. The summed E-state index contributed by atoms with van der Waals surface area (Å²) in [7, 11) is 0. The Labute approximate surface area is 153 Å². The van der Waals surface area contributed by atoms with Gasteiger partial charge in [-0.25, -0.2) is 13.8 Å². The maximum Gasteiger partial charge on any atom is 0.293 e. The smallest absolute Gasteiger partial charge is 0.265 e. The lowest BCUT2D eigenvalue weighted by molar-refractivity contribution is 0.571. The molecule has 0 aliphatic rings. The van der Waals surface area contributed by atoms with E-state index in [-0.39, 0.29) is 17.9 Å². The molecule has 0 radical (unpaired) electrons. The van der Waals surface area contributed by atoms with Gasteiger partial charge in [-0.05, 0) is 31.2 Å². The molecule has 4 aromatic rings. The molecule has 0 N–H and O–H groups in total. The van der Waals surface area contributed by atoms with Gasteiger partial charge in [0.2, 0.25) is 0 Å². The van der Waals surface area contributed by atoms with Crippen molar-refractivity contribution in [2.45, 2.75) is 13.5 Å². The van der Waals surface area contributed by atoms with Crippen LogP contribution < -0.4 is 5.56 Å². The number of fused-ring (bicyclic) bond motifs is 1. The third kappa shape index (κ3) is 2.78. The molecule has 2 aromatic heterocycles.